The molecule has 2 N–H and O–H groups in total. The molecular weight excluding hydrogens is 459 g/mol. The maximum Gasteiger partial charge on any atom is 0.573 e. The number of halogens is 4. The van der Waals surface area contributed by atoms with E-state index in [0.29, 0.717) is 23.8 Å². The molecule has 3 rings (SSSR count). The highest BCUT2D eigenvalue weighted by atomic mass is 35.5. The number of benzene rings is 2. The number of rotatable bonds is 6. The molecule has 1 fully saturated rings. The molecule has 0 saturated carbocycles. The van der Waals surface area contributed by atoms with Crippen LogP contribution in [0.1, 0.15) is 0 Å². The Morgan fingerprint density at radius 3 is 2.19 bits per heavy atom. The number of nitrogens with zero attached hydrogens (tertiary/aromatic N) is 1. The predicted molar refractivity (Wildman–Crippen MR) is 108 cm³/mol. The van der Waals surface area contributed by atoms with Crippen LogP contribution in [0.2, 0.25) is 5.02 Å². The lowest BCUT2D eigenvalue weighted by molar-refractivity contribution is -0.895. The summed E-state index contributed by atoms with van der Waals surface area (Å²) in [5.74, 6) is -0.706. The van der Waals surface area contributed by atoms with Gasteiger partial charge < -0.3 is 15.0 Å². The summed E-state index contributed by atoms with van der Waals surface area (Å²) in [4.78, 5) is 13.3. The fraction of sp³-hybridized carbons (Fsp3) is 0.316. The minimum absolute atomic E-state index is 0.107. The van der Waals surface area contributed by atoms with Crippen molar-refractivity contribution in [3.63, 3.8) is 0 Å². The van der Waals surface area contributed by atoms with Gasteiger partial charge in [-0.05, 0) is 48.5 Å². The highest BCUT2D eigenvalue weighted by Crippen LogP contribution is 2.24. The van der Waals surface area contributed by atoms with Crippen molar-refractivity contribution < 1.29 is 36.0 Å². The third kappa shape index (κ3) is 6.57. The zero-order valence-corrected chi connectivity index (χ0v) is 17.7. The summed E-state index contributed by atoms with van der Waals surface area (Å²) in [6.07, 6.45) is -4.78. The van der Waals surface area contributed by atoms with Crippen molar-refractivity contribution in [2.45, 2.75) is 11.3 Å². The number of carbonyl (C=O) groups excluding carboxylic acids is 1. The van der Waals surface area contributed by atoms with E-state index in [1.54, 1.807) is 0 Å². The van der Waals surface area contributed by atoms with Gasteiger partial charge in [0.25, 0.3) is 5.91 Å². The van der Waals surface area contributed by atoms with Crippen molar-refractivity contribution >= 4 is 33.2 Å². The minimum Gasteiger partial charge on any atom is -0.406 e. The van der Waals surface area contributed by atoms with Crippen LogP contribution in [0.15, 0.2) is 53.4 Å². The number of anilines is 1. The average Bonchev–Trinajstić information content (AvgIpc) is 2.69. The largest absolute Gasteiger partial charge is 0.573 e. The van der Waals surface area contributed by atoms with E-state index in [4.69, 9.17) is 11.6 Å². The number of nitrogens with one attached hydrogen (secondary N) is 2. The standard InChI is InChI=1S/C19H19ClF3N3O4S/c20-14-1-7-17(8-2-14)31(28,29)26-11-9-25(10-12-26)13-18(27)24-15-3-5-16(6-4-15)30-19(21,22)23/h1-8H,9-13H2,(H,24,27)/p+1. The Kier molecular flexibility index (Phi) is 7.10. The highest BCUT2D eigenvalue weighted by molar-refractivity contribution is 7.89. The Bertz CT molecular complexity index is 1010. The first-order chi connectivity index (χ1) is 14.5. The summed E-state index contributed by atoms with van der Waals surface area (Å²) >= 11 is 5.81. The summed E-state index contributed by atoms with van der Waals surface area (Å²) < 4.78 is 67.1. The van der Waals surface area contributed by atoms with Crippen molar-refractivity contribution in [3.05, 3.63) is 53.6 Å². The van der Waals surface area contributed by atoms with Crippen LogP contribution in [0.3, 0.4) is 0 Å². The summed E-state index contributed by atoms with van der Waals surface area (Å²) in [7, 11) is -3.63. The quantitative estimate of drug-likeness (QED) is 0.663. The normalized spacial score (nSPS) is 16.1. The number of ether oxygens (including phenoxy) is 1. The third-order valence-corrected chi connectivity index (χ3v) is 6.83. The van der Waals surface area contributed by atoms with Gasteiger partial charge in [-0.25, -0.2) is 8.42 Å². The van der Waals surface area contributed by atoms with Crippen LogP contribution >= 0.6 is 11.6 Å². The van der Waals surface area contributed by atoms with E-state index in [1.807, 2.05) is 0 Å². The Morgan fingerprint density at radius 2 is 1.65 bits per heavy atom. The molecule has 0 aromatic heterocycles. The molecule has 0 aliphatic carbocycles. The second-order valence-electron chi connectivity index (χ2n) is 6.91. The van der Waals surface area contributed by atoms with Gasteiger partial charge >= 0.3 is 6.36 Å². The topological polar surface area (TPSA) is 80.2 Å². The summed E-state index contributed by atoms with van der Waals surface area (Å²) in [5, 5.41) is 3.06. The van der Waals surface area contributed by atoms with Gasteiger partial charge in [-0.15, -0.1) is 13.2 Å². The SMILES string of the molecule is O=C(C[NH+]1CCN(S(=O)(=O)c2ccc(Cl)cc2)CC1)Nc1ccc(OC(F)(F)F)cc1. The van der Waals surface area contributed by atoms with Gasteiger partial charge in [0.1, 0.15) is 5.75 Å². The van der Waals surface area contributed by atoms with Crippen LogP contribution in [0.5, 0.6) is 5.75 Å². The number of alkyl halides is 3. The molecule has 1 heterocycles. The van der Waals surface area contributed by atoms with E-state index in [9.17, 15) is 26.4 Å². The van der Waals surface area contributed by atoms with Gasteiger partial charge in [0, 0.05) is 10.7 Å². The number of amides is 1. The third-order valence-electron chi connectivity index (χ3n) is 4.66. The van der Waals surface area contributed by atoms with Gasteiger partial charge in [-0.1, -0.05) is 11.6 Å². The van der Waals surface area contributed by atoms with Crippen LogP contribution in [-0.2, 0) is 14.8 Å². The summed E-state index contributed by atoms with van der Waals surface area (Å²) in [5.41, 5.74) is 0.336. The maximum atomic E-state index is 12.7. The molecule has 1 amide bonds. The summed E-state index contributed by atoms with van der Waals surface area (Å²) in [6, 6.07) is 10.8. The molecule has 0 spiro atoms. The molecule has 0 atom stereocenters. The van der Waals surface area contributed by atoms with Crippen molar-refractivity contribution in [1.82, 2.24) is 4.31 Å². The number of quaternary nitrogens is 1. The first kappa shape index (κ1) is 23.3. The molecule has 2 aromatic carbocycles. The molecule has 1 aliphatic rings. The molecule has 2 aromatic rings. The molecule has 0 radical (unpaired) electrons. The monoisotopic (exact) mass is 478 g/mol. The maximum absolute atomic E-state index is 12.7. The average molecular weight is 479 g/mol. The van der Waals surface area contributed by atoms with E-state index in [0.717, 1.165) is 17.0 Å². The first-order valence-corrected chi connectivity index (χ1v) is 11.1. The van der Waals surface area contributed by atoms with E-state index in [1.165, 1.54) is 40.7 Å². The van der Waals surface area contributed by atoms with Crippen LogP contribution in [0.4, 0.5) is 18.9 Å². The van der Waals surface area contributed by atoms with E-state index < -0.39 is 16.4 Å². The van der Waals surface area contributed by atoms with Gasteiger partial charge in [0.15, 0.2) is 6.54 Å². The summed E-state index contributed by atoms with van der Waals surface area (Å²) in [6.45, 7) is 1.51. The van der Waals surface area contributed by atoms with Crippen molar-refractivity contribution in [2.24, 2.45) is 0 Å². The van der Waals surface area contributed by atoms with Crippen molar-refractivity contribution in [3.8, 4) is 5.75 Å². The lowest BCUT2D eigenvalue weighted by atomic mass is 10.3. The van der Waals surface area contributed by atoms with E-state index in [-0.39, 0.29) is 36.2 Å². The van der Waals surface area contributed by atoms with Crippen LogP contribution in [0.25, 0.3) is 0 Å². The molecule has 0 unspecified atom stereocenters. The van der Waals surface area contributed by atoms with Crippen LogP contribution in [0, 0.1) is 0 Å². The fourth-order valence-electron chi connectivity index (χ4n) is 3.15. The molecule has 31 heavy (non-hydrogen) atoms. The van der Waals surface area contributed by atoms with E-state index in [2.05, 4.69) is 10.1 Å². The van der Waals surface area contributed by atoms with Crippen molar-refractivity contribution in [1.29, 1.82) is 0 Å². The number of hydrogen-bond acceptors (Lipinski definition) is 4. The number of carbonyl (C=O) groups is 1. The lowest BCUT2D eigenvalue weighted by Gasteiger charge is -2.31. The number of hydrogen-bond donors (Lipinski definition) is 2. The number of piperazine rings is 1. The molecular formula is C19H20ClF3N3O4S+. The van der Waals surface area contributed by atoms with Gasteiger partial charge in [-0.3, -0.25) is 4.79 Å². The second kappa shape index (κ2) is 9.43. The zero-order valence-electron chi connectivity index (χ0n) is 16.2. The molecule has 12 heteroatoms. The Hall–Kier alpha value is -2.34. The Morgan fingerprint density at radius 1 is 1.06 bits per heavy atom. The van der Waals surface area contributed by atoms with Gasteiger partial charge in [0.05, 0.1) is 31.1 Å². The van der Waals surface area contributed by atoms with Crippen LogP contribution in [-0.4, -0.2) is 57.7 Å². The Labute approximate surface area is 182 Å². The van der Waals surface area contributed by atoms with E-state index >= 15 is 0 Å². The molecule has 1 aliphatic heterocycles. The molecule has 7 nitrogen and oxygen atoms in total. The highest BCUT2D eigenvalue weighted by Gasteiger charge is 2.32. The number of sulfonamides is 1. The Balaban J connectivity index is 1.49. The van der Waals surface area contributed by atoms with Gasteiger partial charge in [0.2, 0.25) is 10.0 Å². The van der Waals surface area contributed by atoms with Crippen LogP contribution < -0.4 is 15.0 Å². The lowest BCUT2D eigenvalue weighted by Crippen LogP contribution is -3.15. The fourth-order valence-corrected chi connectivity index (χ4v) is 4.71. The molecule has 168 valence electrons. The predicted octanol–water partition coefficient (Wildman–Crippen LogP) is 1.77. The van der Waals surface area contributed by atoms with Gasteiger partial charge in [-0.2, -0.15) is 4.31 Å². The second-order valence-corrected chi connectivity index (χ2v) is 9.28. The minimum atomic E-state index is -4.78. The molecule has 1 saturated heterocycles. The molecule has 0 bridgehead atoms. The first-order valence-electron chi connectivity index (χ1n) is 9.28. The smallest absolute Gasteiger partial charge is 0.406 e. The van der Waals surface area contributed by atoms with Crippen molar-refractivity contribution in [2.75, 3.05) is 38.0 Å². The zero-order chi connectivity index (χ0) is 22.6.